The molecule has 2 aromatic rings. The summed E-state index contributed by atoms with van der Waals surface area (Å²) < 4.78 is 38.6. The monoisotopic (exact) mass is 320 g/mol. The van der Waals surface area contributed by atoms with Gasteiger partial charge in [-0.2, -0.15) is 13.2 Å². The van der Waals surface area contributed by atoms with E-state index in [0.717, 1.165) is 12.1 Å². The molecule has 0 aliphatic heterocycles. The van der Waals surface area contributed by atoms with Gasteiger partial charge in [-0.1, -0.05) is 37.3 Å². The number of benzene rings is 2. The molecule has 2 aromatic carbocycles. The molecule has 2 atom stereocenters. The Morgan fingerprint density at radius 3 is 2.52 bits per heavy atom. The third kappa shape index (κ3) is 2.71. The van der Waals surface area contributed by atoms with Crippen molar-refractivity contribution < 1.29 is 23.1 Å². The predicted octanol–water partition coefficient (Wildman–Crippen LogP) is 4.57. The lowest BCUT2D eigenvalue weighted by Gasteiger charge is -2.14. The van der Waals surface area contributed by atoms with Crippen LogP contribution in [0.25, 0.3) is 0 Å². The van der Waals surface area contributed by atoms with Gasteiger partial charge in [-0.25, -0.2) is 0 Å². The maximum Gasteiger partial charge on any atom is 0.416 e. The van der Waals surface area contributed by atoms with Crippen molar-refractivity contribution in [1.29, 1.82) is 0 Å². The molecule has 0 amide bonds. The second-order valence-electron chi connectivity index (χ2n) is 6.13. The van der Waals surface area contributed by atoms with E-state index in [2.05, 4.69) is 0 Å². The molecule has 2 nitrogen and oxygen atoms in total. The van der Waals surface area contributed by atoms with Crippen LogP contribution in [0.4, 0.5) is 13.2 Å². The van der Waals surface area contributed by atoms with Gasteiger partial charge in [0.1, 0.15) is 5.75 Å². The molecule has 3 rings (SSSR count). The highest BCUT2D eigenvalue weighted by Gasteiger charge is 2.56. The van der Waals surface area contributed by atoms with Crippen LogP contribution in [0.3, 0.4) is 0 Å². The first-order valence-electron chi connectivity index (χ1n) is 7.23. The maximum absolute atomic E-state index is 12.9. The van der Waals surface area contributed by atoms with Gasteiger partial charge in [-0.15, -0.1) is 0 Å². The number of ketones is 1. The fraction of sp³-hybridized carbons (Fsp3) is 0.278. The smallest absolute Gasteiger partial charge is 0.416 e. The fourth-order valence-electron chi connectivity index (χ4n) is 2.99. The summed E-state index contributed by atoms with van der Waals surface area (Å²) in [5.41, 5.74) is -0.619. The number of aromatic hydroxyl groups is 1. The summed E-state index contributed by atoms with van der Waals surface area (Å²) in [4.78, 5) is 12.5. The molecule has 0 bridgehead atoms. The highest BCUT2D eigenvalue weighted by Crippen LogP contribution is 2.56. The van der Waals surface area contributed by atoms with Crippen molar-refractivity contribution in [3.8, 4) is 5.75 Å². The number of carbonyl (C=O) groups excluding carboxylic acids is 1. The molecule has 1 aliphatic rings. The standard InChI is InChI=1S/C18H15F3O2/c1-17(11-5-4-6-12(9-11)18(19,20)21)10-14(17)16(23)13-7-2-3-8-15(13)22/h2-9,14,22H,10H2,1H3/t14-,17-/m1/s1. The number of Topliss-reactive ketones (excluding diaryl/α,β-unsaturated/α-hetero) is 1. The molecule has 0 heterocycles. The van der Waals surface area contributed by atoms with Crippen LogP contribution in [-0.2, 0) is 11.6 Å². The zero-order chi connectivity index (χ0) is 16.8. The third-order valence-electron chi connectivity index (χ3n) is 4.57. The van der Waals surface area contributed by atoms with Crippen LogP contribution < -0.4 is 0 Å². The van der Waals surface area contributed by atoms with Gasteiger partial charge in [-0.3, -0.25) is 4.79 Å². The average molecular weight is 320 g/mol. The van der Waals surface area contributed by atoms with Crippen LogP contribution in [0.5, 0.6) is 5.75 Å². The minimum absolute atomic E-state index is 0.101. The van der Waals surface area contributed by atoms with Crippen LogP contribution in [0.15, 0.2) is 48.5 Å². The van der Waals surface area contributed by atoms with Gasteiger partial charge in [0, 0.05) is 11.3 Å². The summed E-state index contributed by atoms with van der Waals surface area (Å²) in [6.45, 7) is 1.78. The second kappa shape index (κ2) is 5.11. The molecule has 0 spiro atoms. The fourth-order valence-corrected chi connectivity index (χ4v) is 2.99. The number of hydrogen-bond acceptors (Lipinski definition) is 2. The summed E-state index contributed by atoms with van der Waals surface area (Å²) >= 11 is 0. The average Bonchev–Trinajstić information content (AvgIpc) is 3.20. The molecule has 1 aliphatic carbocycles. The number of para-hydroxylation sites is 1. The van der Waals surface area contributed by atoms with E-state index >= 15 is 0 Å². The summed E-state index contributed by atoms with van der Waals surface area (Å²) in [6, 6.07) is 11.3. The molecule has 0 unspecified atom stereocenters. The van der Waals surface area contributed by atoms with E-state index in [9.17, 15) is 23.1 Å². The van der Waals surface area contributed by atoms with Crippen molar-refractivity contribution in [2.75, 3.05) is 0 Å². The van der Waals surface area contributed by atoms with E-state index in [1.54, 1.807) is 25.1 Å². The molecule has 1 N–H and O–H groups in total. The van der Waals surface area contributed by atoms with E-state index in [0.29, 0.717) is 12.0 Å². The SMILES string of the molecule is C[C@]1(c2cccc(C(F)(F)F)c2)C[C@@H]1C(=O)c1ccccc1O. The van der Waals surface area contributed by atoms with Crippen LogP contribution in [0, 0.1) is 5.92 Å². The molecule has 0 aromatic heterocycles. The Morgan fingerprint density at radius 2 is 1.87 bits per heavy atom. The maximum atomic E-state index is 12.9. The molecule has 1 fully saturated rings. The van der Waals surface area contributed by atoms with Crippen LogP contribution >= 0.6 is 0 Å². The molecule has 0 radical (unpaired) electrons. The highest BCUT2D eigenvalue weighted by atomic mass is 19.4. The first kappa shape index (κ1) is 15.6. The van der Waals surface area contributed by atoms with Gasteiger partial charge >= 0.3 is 6.18 Å². The van der Waals surface area contributed by atoms with Crippen molar-refractivity contribution in [2.45, 2.75) is 24.9 Å². The quantitative estimate of drug-likeness (QED) is 0.841. The number of halogens is 3. The largest absolute Gasteiger partial charge is 0.507 e. The molecule has 0 saturated heterocycles. The van der Waals surface area contributed by atoms with Crippen molar-refractivity contribution in [3.05, 3.63) is 65.2 Å². The minimum Gasteiger partial charge on any atom is -0.507 e. The van der Waals surface area contributed by atoms with Crippen molar-refractivity contribution in [2.24, 2.45) is 5.92 Å². The van der Waals surface area contributed by atoms with Crippen LogP contribution in [0.1, 0.15) is 34.8 Å². The Labute approximate surface area is 131 Å². The molecular weight excluding hydrogens is 305 g/mol. The topological polar surface area (TPSA) is 37.3 Å². The van der Waals surface area contributed by atoms with Gasteiger partial charge in [0.05, 0.1) is 11.1 Å². The van der Waals surface area contributed by atoms with Gasteiger partial charge in [0.2, 0.25) is 0 Å². The lowest BCUT2D eigenvalue weighted by Crippen LogP contribution is -2.14. The number of phenolic OH excluding ortho intramolecular Hbond substituents is 1. The van der Waals surface area contributed by atoms with Gasteiger partial charge in [0.15, 0.2) is 5.78 Å². The number of carbonyl (C=O) groups is 1. The van der Waals surface area contributed by atoms with E-state index in [-0.39, 0.29) is 17.1 Å². The Hall–Kier alpha value is -2.30. The van der Waals surface area contributed by atoms with Crippen molar-refractivity contribution >= 4 is 5.78 Å². The van der Waals surface area contributed by atoms with E-state index in [1.165, 1.54) is 18.2 Å². The summed E-state index contributed by atoms with van der Waals surface area (Å²) in [7, 11) is 0. The molecule has 120 valence electrons. The van der Waals surface area contributed by atoms with Gasteiger partial charge in [-0.05, 0) is 30.2 Å². The third-order valence-corrected chi connectivity index (χ3v) is 4.57. The number of rotatable bonds is 3. The van der Waals surface area contributed by atoms with E-state index in [1.807, 2.05) is 0 Å². The molecule has 5 heteroatoms. The Bertz CT molecular complexity index is 767. The van der Waals surface area contributed by atoms with Crippen molar-refractivity contribution in [1.82, 2.24) is 0 Å². The first-order chi connectivity index (χ1) is 10.7. The second-order valence-corrected chi connectivity index (χ2v) is 6.13. The zero-order valence-electron chi connectivity index (χ0n) is 12.4. The molecule has 1 saturated carbocycles. The number of hydrogen-bond donors (Lipinski definition) is 1. The van der Waals surface area contributed by atoms with E-state index < -0.39 is 23.1 Å². The van der Waals surface area contributed by atoms with Crippen LogP contribution in [-0.4, -0.2) is 10.9 Å². The summed E-state index contributed by atoms with van der Waals surface area (Å²) in [6.07, 6.45) is -3.93. The molecule has 23 heavy (non-hydrogen) atoms. The van der Waals surface area contributed by atoms with Gasteiger partial charge in [0.25, 0.3) is 0 Å². The molecular formula is C18H15F3O2. The lowest BCUT2D eigenvalue weighted by atomic mass is 9.91. The Kier molecular flexibility index (Phi) is 3.47. The number of alkyl halides is 3. The number of phenols is 1. The Balaban J connectivity index is 1.89. The summed E-state index contributed by atoms with van der Waals surface area (Å²) in [5, 5.41) is 9.78. The normalized spacial score (nSPS) is 23.6. The predicted molar refractivity (Wildman–Crippen MR) is 79.3 cm³/mol. The van der Waals surface area contributed by atoms with Gasteiger partial charge < -0.3 is 5.11 Å². The zero-order valence-corrected chi connectivity index (χ0v) is 12.4. The van der Waals surface area contributed by atoms with E-state index in [4.69, 9.17) is 0 Å². The Morgan fingerprint density at radius 1 is 1.17 bits per heavy atom. The minimum atomic E-state index is -4.40. The first-order valence-corrected chi connectivity index (χ1v) is 7.23. The van der Waals surface area contributed by atoms with Crippen LogP contribution in [0.2, 0.25) is 0 Å². The lowest BCUT2D eigenvalue weighted by molar-refractivity contribution is -0.137. The summed E-state index contributed by atoms with van der Waals surface area (Å²) in [5.74, 6) is -0.752. The van der Waals surface area contributed by atoms with Crippen molar-refractivity contribution in [3.63, 3.8) is 0 Å². The highest BCUT2D eigenvalue weighted by molar-refractivity contribution is 6.03.